The van der Waals surface area contributed by atoms with Crippen molar-refractivity contribution in [2.24, 2.45) is 0 Å². The van der Waals surface area contributed by atoms with Crippen LogP contribution in [0.5, 0.6) is 0 Å². The van der Waals surface area contributed by atoms with Crippen LogP contribution in [0.4, 0.5) is 0 Å². The van der Waals surface area contributed by atoms with Crippen molar-refractivity contribution in [1.82, 2.24) is 5.32 Å². The quantitative estimate of drug-likeness (QED) is 0.900. The number of hydrogen-bond donors (Lipinski definition) is 2. The first-order valence-electron chi connectivity index (χ1n) is 6.05. The normalized spacial score (nSPS) is 19.6. The predicted octanol–water partition coefficient (Wildman–Crippen LogP) is 2.80. The average Bonchev–Trinajstić information content (AvgIpc) is 2.57. The van der Waals surface area contributed by atoms with Crippen molar-refractivity contribution in [2.45, 2.75) is 29.4 Å². The van der Waals surface area contributed by atoms with Crippen molar-refractivity contribution in [1.29, 1.82) is 0 Å². The van der Waals surface area contributed by atoms with Gasteiger partial charge >= 0.3 is 5.97 Å². The van der Waals surface area contributed by atoms with Gasteiger partial charge in [-0.2, -0.15) is 0 Å². The largest absolute Gasteiger partial charge is 0.478 e. The Morgan fingerprint density at radius 3 is 2.95 bits per heavy atom. The Morgan fingerprint density at radius 2 is 2.21 bits per heavy atom. The number of halogens is 1. The number of carboxylic acids is 1. The van der Waals surface area contributed by atoms with E-state index in [-0.39, 0.29) is 21.7 Å². The van der Waals surface area contributed by atoms with Gasteiger partial charge < -0.3 is 10.4 Å². The lowest BCUT2D eigenvalue weighted by Gasteiger charge is -2.13. The van der Waals surface area contributed by atoms with Crippen LogP contribution in [0.1, 0.15) is 29.6 Å². The fourth-order valence-corrected chi connectivity index (χ4v) is 3.26. The van der Waals surface area contributed by atoms with Gasteiger partial charge in [0, 0.05) is 11.4 Å². The molecular formula is C13H14ClNO3S. The lowest BCUT2D eigenvalue weighted by atomic mass is 10.2. The topological polar surface area (TPSA) is 66.4 Å². The monoisotopic (exact) mass is 299 g/mol. The second-order valence-electron chi connectivity index (χ2n) is 4.34. The summed E-state index contributed by atoms with van der Waals surface area (Å²) in [4.78, 5) is 23.6. The van der Waals surface area contributed by atoms with Gasteiger partial charge in [0.15, 0.2) is 0 Å². The van der Waals surface area contributed by atoms with Gasteiger partial charge in [-0.1, -0.05) is 18.0 Å². The molecule has 2 N–H and O–H groups in total. The maximum atomic E-state index is 11.8. The third-order valence-electron chi connectivity index (χ3n) is 2.93. The first kappa shape index (κ1) is 14.2. The highest BCUT2D eigenvalue weighted by Gasteiger charge is 2.22. The zero-order valence-electron chi connectivity index (χ0n) is 10.2. The number of benzene rings is 1. The summed E-state index contributed by atoms with van der Waals surface area (Å²) >= 11 is 7.21. The van der Waals surface area contributed by atoms with Gasteiger partial charge in [0.1, 0.15) is 0 Å². The van der Waals surface area contributed by atoms with Crippen LogP contribution < -0.4 is 5.32 Å². The number of nitrogens with one attached hydrogen (secondary N) is 1. The molecule has 1 unspecified atom stereocenters. The molecule has 0 aromatic heterocycles. The molecule has 19 heavy (non-hydrogen) atoms. The zero-order chi connectivity index (χ0) is 13.8. The summed E-state index contributed by atoms with van der Waals surface area (Å²) in [6, 6.07) is 4.83. The molecule has 1 saturated heterocycles. The second-order valence-corrected chi connectivity index (χ2v) is 6.02. The van der Waals surface area contributed by atoms with Crippen LogP contribution in [0.3, 0.4) is 0 Å². The molecule has 1 heterocycles. The smallest absolute Gasteiger partial charge is 0.337 e. The number of hydrogen-bond acceptors (Lipinski definition) is 3. The molecule has 0 bridgehead atoms. The fourth-order valence-electron chi connectivity index (χ4n) is 1.93. The van der Waals surface area contributed by atoms with E-state index in [4.69, 9.17) is 16.7 Å². The molecule has 102 valence electrons. The van der Waals surface area contributed by atoms with Crippen molar-refractivity contribution in [2.75, 3.05) is 6.54 Å². The van der Waals surface area contributed by atoms with Crippen molar-refractivity contribution in [3.8, 4) is 0 Å². The molecule has 0 spiro atoms. The molecule has 1 aliphatic rings. The van der Waals surface area contributed by atoms with Crippen LogP contribution in [0.15, 0.2) is 23.1 Å². The summed E-state index contributed by atoms with van der Waals surface area (Å²) in [5.41, 5.74) is 0.0701. The Hall–Kier alpha value is -1.20. The molecule has 1 aromatic rings. The molecule has 0 aliphatic carbocycles. The fraction of sp³-hybridized carbons (Fsp3) is 0.385. The van der Waals surface area contributed by atoms with Crippen molar-refractivity contribution in [3.05, 3.63) is 28.8 Å². The van der Waals surface area contributed by atoms with Crippen LogP contribution in [-0.4, -0.2) is 28.8 Å². The van der Waals surface area contributed by atoms with Crippen LogP contribution in [0.25, 0.3) is 0 Å². The molecule has 0 saturated carbocycles. The number of carbonyl (C=O) groups is 2. The molecule has 1 atom stereocenters. The van der Waals surface area contributed by atoms with Gasteiger partial charge in [-0.25, -0.2) is 4.79 Å². The molecule has 2 rings (SSSR count). The van der Waals surface area contributed by atoms with E-state index in [1.54, 1.807) is 12.1 Å². The van der Waals surface area contributed by atoms with E-state index in [0.717, 1.165) is 30.7 Å². The minimum absolute atomic E-state index is 0.0225. The lowest BCUT2D eigenvalue weighted by molar-refractivity contribution is -0.120. The number of thioether (sulfide) groups is 1. The number of carboxylic acid groups (broad SMARTS) is 1. The second kappa shape index (κ2) is 6.30. The third-order valence-corrected chi connectivity index (χ3v) is 4.52. The molecule has 1 aromatic carbocycles. The minimum Gasteiger partial charge on any atom is -0.478 e. The summed E-state index contributed by atoms with van der Waals surface area (Å²) in [5, 5.41) is 11.9. The highest BCUT2D eigenvalue weighted by Crippen LogP contribution is 2.30. The Balaban J connectivity index is 2.16. The van der Waals surface area contributed by atoms with E-state index in [9.17, 15) is 9.59 Å². The molecule has 4 nitrogen and oxygen atoms in total. The summed E-state index contributed by atoms with van der Waals surface area (Å²) in [5.74, 6) is -1.04. The molecule has 6 heteroatoms. The van der Waals surface area contributed by atoms with Gasteiger partial charge in [0.05, 0.1) is 15.8 Å². The lowest BCUT2D eigenvalue weighted by Crippen LogP contribution is -2.30. The van der Waals surface area contributed by atoms with Crippen molar-refractivity contribution < 1.29 is 14.7 Å². The summed E-state index contributed by atoms with van der Waals surface area (Å²) < 4.78 is 0. The van der Waals surface area contributed by atoms with Crippen LogP contribution in [-0.2, 0) is 4.79 Å². The van der Waals surface area contributed by atoms with Crippen molar-refractivity contribution >= 4 is 35.2 Å². The molecular weight excluding hydrogens is 286 g/mol. The van der Waals surface area contributed by atoms with Gasteiger partial charge in [-0.3, -0.25) is 4.79 Å². The van der Waals surface area contributed by atoms with Crippen LogP contribution in [0.2, 0.25) is 5.02 Å². The number of rotatable bonds is 3. The molecule has 1 fully saturated rings. The molecule has 0 radical (unpaired) electrons. The average molecular weight is 300 g/mol. The van der Waals surface area contributed by atoms with Crippen molar-refractivity contribution in [3.63, 3.8) is 0 Å². The maximum Gasteiger partial charge on any atom is 0.337 e. The predicted molar refractivity (Wildman–Crippen MR) is 74.9 cm³/mol. The Kier molecular flexibility index (Phi) is 4.71. The van der Waals surface area contributed by atoms with E-state index in [0.29, 0.717) is 0 Å². The molecule has 1 amide bonds. The Labute approximate surface area is 120 Å². The standard InChI is InChI=1S/C13H14ClNO3S/c14-10-5-4-8(7-9(10)13(17)18)19-11-3-1-2-6-15-12(11)16/h4-5,7,11H,1-3,6H2,(H,15,16)(H,17,18). The maximum absolute atomic E-state index is 11.8. The van der Waals surface area contributed by atoms with E-state index < -0.39 is 5.97 Å². The first-order valence-corrected chi connectivity index (χ1v) is 7.31. The van der Waals surface area contributed by atoms with E-state index in [1.807, 2.05) is 0 Å². The number of amides is 1. The van der Waals surface area contributed by atoms with Gasteiger partial charge in [0.2, 0.25) is 5.91 Å². The minimum atomic E-state index is -1.06. The highest BCUT2D eigenvalue weighted by atomic mass is 35.5. The summed E-state index contributed by atoms with van der Waals surface area (Å²) in [6.45, 7) is 0.719. The van der Waals surface area contributed by atoms with Gasteiger partial charge in [-0.05, 0) is 31.0 Å². The SMILES string of the molecule is O=C(O)c1cc(SC2CCCCNC2=O)ccc1Cl. The Morgan fingerprint density at radius 1 is 1.42 bits per heavy atom. The van der Waals surface area contributed by atoms with E-state index in [2.05, 4.69) is 5.32 Å². The van der Waals surface area contributed by atoms with E-state index in [1.165, 1.54) is 17.8 Å². The Bertz CT molecular complexity index is 507. The highest BCUT2D eigenvalue weighted by molar-refractivity contribution is 8.00. The van der Waals surface area contributed by atoms with Gasteiger partial charge in [-0.15, -0.1) is 11.8 Å². The summed E-state index contributed by atoms with van der Waals surface area (Å²) in [7, 11) is 0. The van der Waals surface area contributed by atoms with Crippen LogP contribution in [0, 0.1) is 0 Å². The van der Waals surface area contributed by atoms with E-state index >= 15 is 0 Å². The van der Waals surface area contributed by atoms with Crippen LogP contribution >= 0.6 is 23.4 Å². The third kappa shape index (κ3) is 3.64. The first-order chi connectivity index (χ1) is 9.08. The summed E-state index contributed by atoms with van der Waals surface area (Å²) in [6.07, 6.45) is 2.79. The zero-order valence-corrected chi connectivity index (χ0v) is 11.8. The van der Waals surface area contributed by atoms with Gasteiger partial charge in [0.25, 0.3) is 0 Å². The molecule has 1 aliphatic heterocycles. The number of aromatic carboxylic acids is 1. The number of carbonyl (C=O) groups excluding carboxylic acids is 1.